The molecule has 0 saturated carbocycles. The minimum absolute atomic E-state index is 0.298. The fourth-order valence-electron chi connectivity index (χ4n) is 2.06. The smallest absolute Gasteiger partial charge is 0.337 e. The Bertz CT molecular complexity index is 605. The summed E-state index contributed by atoms with van der Waals surface area (Å²) in [6.07, 6.45) is 0. The van der Waals surface area contributed by atoms with Crippen molar-refractivity contribution < 1.29 is 9.90 Å². The molecule has 0 fully saturated rings. The van der Waals surface area contributed by atoms with E-state index in [-0.39, 0.29) is 0 Å². The van der Waals surface area contributed by atoms with E-state index in [1.165, 1.54) is 16.7 Å². The normalized spacial score (nSPS) is 10.2. The zero-order valence-electron chi connectivity index (χ0n) is 11.1. The molecule has 3 heteroatoms. The number of carbonyl (C=O) groups is 1. The van der Waals surface area contributed by atoms with Crippen LogP contribution in [0.2, 0.25) is 0 Å². The maximum atomic E-state index is 11.1. The van der Waals surface area contributed by atoms with Gasteiger partial charge in [-0.3, -0.25) is 0 Å². The Labute approximate surface area is 112 Å². The van der Waals surface area contributed by atoms with Gasteiger partial charge in [-0.1, -0.05) is 35.9 Å². The van der Waals surface area contributed by atoms with E-state index in [1.807, 2.05) is 6.07 Å². The van der Waals surface area contributed by atoms with Crippen molar-refractivity contribution in [1.29, 1.82) is 0 Å². The topological polar surface area (TPSA) is 49.3 Å². The van der Waals surface area contributed by atoms with Gasteiger partial charge in [-0.25, -0.2) is 4.79 Å². The van der Waals surface area contributed by atoms with Crippen LogP contribution in [0.15, 0.2) is 42.5 Å². The van der Waals surface area contributed by atoms with Crippen LogP contribution in [-0.2, 0) is 6.54 Å². The monoisotopic (exact) mass is 255 g/mol. The lowest BCUT2D eigenvalue weighted by Gasteiger charge is -2.11. The van der Waals surface area contributed by atoms with Gasteiger partial charge in [0.15, 0.2) is 0 Å². The van der Waals surface area contributed by atoms with E-state index in [2.05, 4.69) is 37.4 Å². The number of hydrogen-bond acceptors (Lipinski definition) is 2. The van der Waals surface area contributed by atoms with Gasteiger partial charge in [0.1, 0.15) is 0 Å². The average molecular weight is 255 g/mol. The van der Waals surface area contributed by atoms with Crippen LogP contribution in [0.5, 0.6) is 0 Å². The van der Waals surface area contributed by atoms with Crippen molar-refractivity contribution >= 4 is 11.7 Å². The first-order valence-electron chi connectivity index (χ1n) is 6.20. The second-order valence-electron chi connectivity index (χ2n) is 4.63. The number of hydrogen-bond donors (Lipinski definition) is 2. The predicted molar refractivity (Wildman–Crippen MR) is 76.6 cm³/mol. The molecule has 0 radical (unpaired) electrons. The maximum absolute atomic E-state index is 11.1. The summed E-state index contributed by atoms with van der Waals surface area (Å²) in [5, 5.41) is 12.3. The Kier molecular flexibility index (Phi) is 3.85. The van der Waals surface area contributed by atoms with E-state index in [0.717, 1.165) is 0 Å². The van der Waals surface area contributed by atoms with E-state index in [0.29, 0.717) is 17.8 Å². The van der Waals surface area contributed by atoms with E-state index in [4.69, 9.17) is 5.11 Å². The number of aromatic carboxylic acids is 1. The summed E-state index contributed by atoms with van der Waals surface area (Å²) in [7, 11) is 0. The molecule has 0 saturated heterocycles. The molecule has 0 spiro atoms. The zero-order valence-corrected chi connectivity index (χ0v) is 11.1. The minimum Gasteiger partial charge on any atom is -0.478 e. The number of anilines is 1. The molecule has 0 aliphatic carbocycles. The van der Waals surface area contributed by atoms with Crippen molar-refractivity contribution in [2.75, 3.05) is 5.32 Å². The summed E-state index contributed by atoms with van der Waals surface area (Å²) in [5.74, 6) is -0.913. The molecule has 0 amide bonds. The van der Waals surface area contributed by atoms with Crippen molar-refractivity contribution in [2.45, 2.75) is 20.4 Å². The molecule has 0 aromatic heterocycles. The van der Waals surface area contributed by atoms with Crippen LogP contribution in [0.25, 0.3) is 0 Å². The molecule has 3 nitrogen and oxygen atoms in total. The van der Waals surface area contributed by atoms with Gasteiger partial charge in [0, 0.05) is 12.2 Å². The van der Waals surface area contributed by atoms with E-state index >= 15 is 0 Å². The molecule has 2 N–H and O–H groups in total. The van der Waals surface area contributed by atoms with Gasteiger partial charge in [0.25, 0.3) is 0 Å². The summed E-state index contributed by atoms with van der Waals surface area (Å²) in [6, 6.07) is 13.2. The van der Waals surface area contributed by atoms with Crippen molar-refractivity contribution in [3.05, 3.63) is 64.7 Å². The average Bonchev–Trinajstić information content (AvgIpc) is 2.38. The summed E-state index contributed by atoms with van der Waals surface area (Å²) in [6.45, 7) is 4.74. The molecule has 19 heavy (non-hydrogen) atoms. The quantitative estimate of drug-likeness (QED) is 0.877. The third-order valence-electron chi connectivity index (χ3n) is 3.12. The molecule has 2 aromatic rings. The van der Waals surface area contributed by atoms with Crippen molar-refractivity contribution in [2.24, 2.45) is 0 Å². The molecule has 2 rings (SSSR count). The zero-order chi connectivity index (χ0) is 13.8. The number of carboxylic acids is 1. The molecule has 0 bridgehead atoms. The highest BCUT2D eigenvalue weighted by Gasteiger charge is 2.08. The summed E-state index contributed by atoms with van der Waals surface area (Å²) >= 11 is 0. The minimum atomic E-state index is -0.913. The lowest BCUT2D eigenvalue weighted by molar-refractivity contribution is 0.0698. The number of aryl methyl sites for hydroxylation is 2. The maximum Gasteiger partial charge on any atom is 0.337 e. The first-order chi connectivity index (χ1) is 9.08. The van der Waals surface area contributed by atoms with Crippen LogP contribution in [-0.4, -0.2) is 11.1 Å². The van der Waals surface area contributed by atoms with Crippen molar-refractivity contribution in [1.82, 2.24) is 0 Å². The van der Waals surface area contributed by atoms with E-state index < -0.39 is 5.97 Å². The fourth-order valence-corrected chi connectivity index (χ4v) is 2.06. The second kappa shape index (κ2) is 5.57. The van der Waals surface area contributed by atoms with Gasteiger partial charge in [0.2, 0.25) is 0 Å². The Hall–Kier alpha value is -2.29. The van der Waals surface area contributed by atoms with E-state index in [9.17, 15) is 4.79 Å². The van der Waals surface area contributed by atoms with Gasteiger partial charge in [-0.15, -0.1) is 0 Å². The van der Waals surface area contributed by atoms with Crippen LogP contribution in [0, 0.1) is 13.8 Å². The highest BCUT2D eigenvalue weighted by molar-refractivity contribution is 5.94. The second-order valence-corrected chi connectivity index (χ2v) is 4.63. The standard InChI is InChI=1S/C16H17NO2/c1-11-7-8-13(12(2)9-11)10-17-15-6-4-3-5-14(15)16(18)19/h3-9,17H,10H2,1-2H3,(H,18,19). The summed E-state index contributed by atoms with van der Waals surface area (Å²) < 4.78 is 0. The SMILES string of the molecule is Cc1ccc(CNc2ccccc2C(=O)O)c(C)c1. The summed E-state index contributed by atoms with van der Waals surface area (Å²) in [4.78, 5) is 11.1. The van der Waals surface area contributed by atoms with Crippen LogP contribution >= 0.6 is 0 Å². The lowest BCUT2D eigenvalue weighted by Crippen LogP contribution is -2.07. The number of carboxylic acid groups (broad SMARTS) is 1. The molecule has 0 heterocycles. The summed E-state index contributed by atoms with van der Waals surface area (Å²) in [5.41, 5.74) is 4.56. The van der Waals surface area contributed by atoms with Gasteiger partial charge in [-0.2, -0.15) is 0 Å². The molecule has 0 atom stereocenters. The largest absolute Gasteiger partial charge is 0.478 e. The Morgan fingerprint density at radius 2 is 1.89 bits per heavy atom. The van der Waals surface area contributed by atoms with Gasteiger partial charge < -0.3 is 10.4 Å². The third-order valence-corrected chi connectivity index (χ3v) is 3.12. The van der Waals surface area contributed by atoms with E-state index in [1.54, 1.807) is 18.2 Å². The fraction of sp³-hybridized carbons (Fsp3) is 0.188. The van der Waals surface area contributed by atoms with Gasteiger partial charge in [0.05, 0.1) is 5.56 Å². The number of benzene rings is 2. The van der Waals surface area contributed by atoms with Crippen LogP contribution in [0.1, 0.15) is 27.0 Å². The first kappa shape index (κ1) is 13.1. The highest BCUT2D eigenvalue weighted by Crippen LogP contribution is 2.17. The van der Waals surface area contributed by atoms with Gasteiger partial charge >= 0.3 is 5.97 Å². The Morgan fingerprint density at radius 1 is 1.16 bits per heavy atom. The molecule has 98 valence electrons. The molecule has 2 aromatic carbocycles. The molecule has 0 aliphatic heterocycles. The first-order valence-corrected chi connectivity index (χ1v) is 6.20. The number of para-hydroxylation sites is 1. The van der Waals surface area contributed by atoms with Crippen LogP contribution < -0.4 is 5.32 Å². The highest BCUT2D eigenvalue weighted by atomic mass is 16.4. The van der Waals surface area contributed by atoms with Crippen molar-refractivity contribution in [3.63, 3.8) is 0 Å². The predicted octanol–water partition coefficient (Wildman–Crippen LogP) is 3.61. The Balaban J connectivity index is 2.17. The van der Waals surface area contributed by atoms with Crippen molar-refractivity contribution in [3.8, 4) is 0 Å². The molecular formula is C16H17NO2. The Morgan fingerprint density at radius 3 is 2.58 bits per heavy atom. The number of rotatable bonds is 4. The third kappa shape index (κ3) is 3.13. The molecule has 0 unspecified atom stereocenters. The van der Waals surface area contributed by atoms with Crippen LogP contribution in [0.3, 0.4) is 0 Å². The molecular weight excluding hydrogens is 238 g/mol. The molecule has 0 aliphatic rings. The lowest BCUT2D eigenvalue weighted by atomic mass is 10.1. The van der Waals surface area contributed by atoms with Crippen LogP contribution in [0.4, 0.5) is 5.69 Å². The number of nitrogens with one attached hydrogen (secondary N) is 1. The van der Waals surface area contributed by atoms with Gasteiger partial charge in [-0.05, 0) is 37.1 Å².